The van der Waals surface area contributed by atoms with Crippen LogP contribution in [0, 0.1) is 12.1 Å². The summed E-state index contributed by atoms with van der Waals surface area (Å²) in [6, 6.07) is 18.4. The van der Waals surface area contributed by atoms with Crippen molar-refractivity contribution in [1.29, 1.82) is 0 Å². The van der Waals surface area contributed by atoms with Crippen molar-refractivity contribution in [3.63, 3.8) is 0 Å². The van der Waals surface area contributed by atoms with E-state index in [4.69, 9.17) is 0 Å². The van der Waals surface area contributed by atoms with E-state index < -0.39 is 9.84 Å². The fourth-order valence-corrected chi connectivity index (χ4v) is 2.41. The molecule has 0 aliphatic rings. The van der Waals surface area contributed by atoms with Gasteiger partial charge in [-0.3, -0.25) is 0 Å². The molecule has 0 radical (unpaired) electrons. The molecule has 0 N–H and O–H groups in total. The smallest absolute Gasteiger partial charge is 0.223 e. The van der Waals surface area contributed by atoms with Crippen molar-refractivity contribution in [2.75, 3.05) is 0 Å². The van der Waals surface area contributed by atoms with E-state index in [1.807, 2.05) is 27.7 Å². The van der Waals surface area contributed by atoms with Gasteiger partial charge >= 0.3 is 21.1 Å². The molecule has 0 aliphatic carbocycles. The predicted octanol–water partition coefficient (Wildman–Crippen LogP) is 4.17. The van der Waals surface area contributed by atoms with E-state index in [2.05, 4.69) is 12.1 Å². The van der Waals surface area contributed by atoms with Crippen LogP contribution in [0.5, 0.6) is 0 Å². The van der Waals surface area contributed by atoms with Crippen LogP contribution >= 0.6 is 0 Å². The predicted molar refractivity (Wildman–Crippen MR) is 78.7 cm³/mol. The number of hydrogen-bond donors (Lipinski definition) is 0. The summed E-state index contributed by atoms with van der Waals surface area (Å²) in [5, 5.41) is 0. The SMILES string of the molecule is CC.CC.O=S(=O)(c1[c-]cccc1)c1[c-]cccc1.[W+2]. The molecular weight excluding hydrogens is 440 g/mol. The van der Waals surface area contributed by atoms with Crippen molar-refractivity contribution in [3.8, 4) is 0 Å². The fourth-order valence-electron chi connectivity index (χ4n) is 1.21. The molecule has 2 nitrogen and oxygen atoms in total. The van der Waals surface area contributed by atoms with Crippen LogP contribution < -0.4 is 0 Å². The number of hydrogen-bond acceptors (Lipinski definition) is 2. The van der Waals surface area contributed by atoms with E-state index >= 15 is 0 Å². The molecule has 4 heteroatoms. The number of sulfone groups is 1. The van der Waals surface area contributed by atoms with Crippen LogP contribution in [0.2, 0.25) is 0 Å². The second-order valence-electron chi connectivity index (χ2n) is 2.96. The maximum atomic E-state index is 12.0. The van der Waals surface area contributed by atoms with E-state index in [9.17, 15) is 8.42 Å². The molecule has 20 heavy (non-hydrogen) atoms. The number of benzene rings is 2. The Bertz CT molecular complexity index is 492. The van der Waals surface area contributed by atoms with Gasteiger partial charge in [-0.05, 0) is 9.79 Å². The summed E-state index contributed by atoms with van der Waals surface area (Å²) in [7, 11) is -3.45. The average molecular weight is 460 g/mol. The van der Waals surface area contributed by atoms with Gasteiger partial charge in [0.1, 0.15) is 0 Å². The summed E-state index contributed by atoms with van der Waals surface area (Å²) in [5.41, 5.74) is 0. The molecule has 0 fully saturated rings. The van der Waals surface area contributed by atoms with Crippen LogP contribution in [-0.4, -0.2) is 8.42 Å². The van der Waals surface area contributed by atoms with Gasteiger partial charge in [-0.2, -0.15) is 60.7 Å². The molecule has 0 bridgehead atoms. The Morgan fingerprint density at radius 2 is 1.10 bits per heavy atom. The molecule has 0 atom stereocenters. The second-order valence-corrected chi connectivity index (χ2v) is 4.84. The van der Waals surface area contributed by atoms with Crippen LogP contribution in [0.25, 0.3) is 0 Å². The van der Waals surface area contributed by atoms with Gasteiger partial charge in [0.15, 0.2) is 9.84 Å². The van der Waals surface area contributed by atoms with E-state index in [1.54, 1.807) is 36.4 Å². The van der Waals surface area contributed by atoms with Crippen LogP contribution in [-0.2, 0) is 30.9 Å². The second kappa shape index (κ2) is 11.9. The average Bonchev–Trinajstić information content (AvgIpc) is 2.53. The van der Waals surface area contributed by atoms with E-state index in [1.165, 1.54) is 12.1 Å². The molecule has 0 spiro atoms. The third-order valence-corrected chi connectivity index (χ3v) is 3.61. The molecule has 0 aliphatic heterocycles. The zero-order valence-corrected chi connectivity index (χ0v) is 16.0. The molecule has 2 aromatic carbocycles. The largest absolute Gasteiger partial charge is 2.00 e. The third-order valence-electron chi connectivity index (χ3n) is 1.94. The first-order valence-electron chi connectivity index (χ1n) is 6.40. The molecule has 0 aromatic heterocycles. The van der Waals surface area contributed by atoms with Crippen molar-refractivity contribution >= 4 is 9.84 Å². The van der Waals surface area contributed by atoms with Crippen LogP contribution in [0.1, 0.15) is 27.7 Å². The Hall–Kier alpha value is -0.922. The summed E-state index contributed by atoms with van der Waals surface area (Å²) < 4.78 is 23.9. The molecule has 2 aromatic rings. The molecule has 0 saturated carbocycles. The number of rotatable bonds is 2. The Kier molecular flexibility index (Phi) is 12.7. The van der Waals surface area contributed by atoms with Crippen molar-refractivity contribution in [3.05, 3.63) is 60.7 Å². The maximum Gasteiger partial charge on any atom is 2.00 e. The summed E-state index contributed by atoms with van der Waals surface area (Å²) >= 11 is 0. The first-order valence-corrected chi connectivity index (χ1v) is 7.88. The van der Waals surface area contributed by atoms with Crippen molar-refractivity contribution in [2.24, 2.45) is 0 Å². The summed E-state index contributed by atoms with van der Waals surface area (Å²) in [5.74, 6) is 0. The van der Waals surface area contributed by atoms with Gasteiger partial charge in [0.05, 0.1) is 0 Å². The minimum absolute atomic E-state index is 0. The van der Waals surface area contributed by atoms with Crippen LogP contribution in [0.4, 0.5) is 0 Å². The summed E-state index contributed by atoms with van der Waals surface area (Å²) in [6.07, 6.45) is 0. The Balaban J connectivity index is 0. The summed E-state index contributed by atoms with van der Waals surface area (Å²) in [4.78, 5) is 0.347. The molecule has 2 rings (SSSR count). The van der Waals surface area contributed by atoms with Gasteiger partial charge < -0.3 is 0 Å². The molecule has 0 unspecified atom stereocenters. The standard InChI is InChI=1S/C12H8O2S.2C2H6.W/c13-15(14,11-7-3-1-4-8-11)12-9-5-2-6-10-12;2*1-2;/h1-7,9H;2*1-2H3;/q-2;;;+2. The van der Waals surface area contributed by atoms with Crippen molar-refractivity contribution in [1.82, 2.24) is 0 Å². The Morgan fingerprint density at radius 3 is 1.35 bits per heavy atom. The topological polar surface area (TPSA) is 34.1 Å². The zero-order chi connectivity index (χ0) is 14.7. The Labute approximate surface area is 137 Å². The zero-order valence-electron chi connectivity index (χ0n) is 12.3. The van der Waals surface area contributed by atoms with Gasteiger partial charge in [0, 0.05) is 0 Å². The monoisotopic (exact) mass is 460 g/mol. The normalized spacial score (nSPS) is 9.00. The van der Waals surface area contributed by atoms with Crippen LogP contribution in [0.3, 0.4) is 0 Å². The quantitative estimate of drug-likeness (QED) is 0.631. The Morgan fingerprint density at radius 1 is 0.750 bits per heavy atom. The summed E-state index contributed by atoms with van der Waals surface area (Å²) in [6.45, 7) is 8.00. The van der Waals surface area contributed by atoms with Gasteiger partial charge in [0.2, 0.25) is 0 Å². The van der Waals surface area contributed by atoms with E-state index in [0.29, 0.717) is 0 Å². The fraction of sp³-hybridized carbons (Fsp3) is 0.250. The molecule has 0 amide bonds. The third kappa shape index (κ3) is 6.02. The van der Waals surface area contributed by atoms with Crippen LogP contribution in [0.15, 0.2) is 58.3 Å². The van der Waals surface area contributed by atoms with E-state index in [0.717, 1.165) is 0 Å². The van der Waals surface area contributed by atoms with Gasteiger partial charge in [0.25, 0.3) is 0 Å². The van der Waals surface area contributed by atoms with Gasteiger partial charge in [-0.1, -0.05) is 27.7 Å². The first kappa shape index (κ1) is 21.4. The first-order chi connectivity index (χ1) is 9.21. The minimum Gasteiger partial charge on any atom is -0.223 e. The molecule has 0 saturated heterocycles. The van der Waals surface area contributed by atoms with E-state index in [-0.39, 0.29) is 30.9 Å². The molecular formula is C16H20O2SW. The van der Waals surface area contributed by atoms with Gasteiger partial charge in [-0.15, -0.1) is 0 Å². The molecule has 0 heterocycles. The van der Waals surface area contributed by atoms with Gasteiger partial charge in [-0.25, -0.2) is 8.42 Å². The van der Waals surface area contributed by atoms with Crippen molar-refractivity contribution < 1.29 is 29.5 Å². The minimum atomic E-state index is -3.45. The van der Waals surface area contributed by atoms with Crippen molar-refractivity contribution in [2.45, 2.75) is 37.5 Å². The maximum absolute atomic E-state index is 12.0. The molecule has 108 valence electrons.